The molecular weight excluding hydrogens is 366 g/mol. The molecule has 0 aromatic heterocycles. The van der Waals surface area contributed by atoms with Crippen LogP contribution in [0.4, 0.5) is 0 Å². The largest absolute Gasteiger partial charge is 0.493 e. The maximum Gasteiger partial charge on any atom is 0.303 e. The maximum absolute atomic E-state index is 12.0. The van der Waals surface area contributed by atoms with Crippen LogP contribution in [-0.4, -0.2) is 23.6 Å². The van der Waals surface area contributed by atoms with Crippen molar-refractivity contribution in [3.8, 4) is 5.75 Å². The van der Waals surface area contributed by atoms with Crippen LogP contribution < -0.4 is 10.1 Å². The summed E-state index contributed by atoms with van der Waals surface area (Å²) in [5.41, 5.74) is 2.19. The first-order valence-corrected chi connectivity index (χ1v) is 9.79. The summed E-state index contributed by atoms with van der Waals surface area (Å²) in [6.45, 7) is 0.876. The number of nitrogens with one attached hydrogen (secondary N) is 1. The van der Waals surface area contributed by atoms with Gasteiger partial charge in [0.15, 0.2) is 0 Å². The molecule has 3 aromatic carbocycles. The molecular formula is C24H25NO4. The van der Waals surface area contributed by atoms with Crippen molar-refractivity contribution in [3.63, 3.8) is 0 Å². The summed E-state index contributed by atoms with van der Waals surface area (Å²) in [7, 11) is 0. The van der Waals surface area contributed by atoms with Gasteiger partial charge in [-0.25, -0.2) is 0 Å². The van der Waals surface area contributed by atoms with Crippen molar-refractivity contribution in [2.24, 2.45) is 0 Å². The number of ether oxygens (including phenoxy) is 1. The van der Waals surface area contributed by atoms with Gasteiger partial charge in [-0.05, 0) is 35.2 Å². The second-order valence-electron chi connectivity index (χ2n) is 6.87. The first-order valence-electron chi connectivity index (χ1n) is 9.79. The number of aryl methyl sites for hydroxylation is 1. The molecule has 0 heterocycles. The Bertz CT molecular complexity index is 969. The van der Waals surface area contributed by atoms with Crippen LogP contribution in [0.25, 0.3) is 10.8 Å². The van der Waals surface area contributed by atoms with Crippen LogP contribution >= 0.6 is 0 Å². The van der Waals surface area contributed by atoms with E-state index in [0.29, 0.717) is 13.2 Å². The zero-order valence-electron chi connectivity index (χ0n) is 16.3. The van der Waals surface area contributed by atoms with Crippen molar-refractivity contribution in [1.29, 1.82) is 0 Å². The van der Waals surface area contributed by atoms with E-state index < -0.39 is 5.97 Å². The van der Waals surface area contributed by atoms with Gasteiger partial charge in [-0.2, -0.15) is 0 Å². The number of hydrogen-bond acceptors (Lipinski definition) is 3. The Morgan fingerprint density at radius 1 is 0.897 bits per heavy atom. The number of carbonyl (C=O) groups excluding carboxylic acids is 1. The number of carbonyl (C=O) groups is 2. The quantitative estimate of drug-likeness (QED) is 0.504. The molecule has 2 N–H and O–H groups in total. The van der Waals surface area contributed by atoms with Crippen molar-refractivity contribution in [3.05, 3.63) is 77.9 Å². The fourth-order valence-electron chi connectivity index (χ4n) is 3.23. The molecule has 150 valence electrons. The topological polar surface area (TPSA) is 75.6 Å². The van der Waals surface area contributed by atoms with Crippen molar-refractivity contribution in [2.45, 2.75) is 32.2 Å². The lowest BCUT2D eigenvalue weighted by Gasteiger charge is -2.15. The van der Waals surface area contributed by atoms with Crippen LogP contribution in [0.3, 0.4) is 0 Å². The fraction of sp³-hybridized carbons (Fsp3) is 0.250. The Kier molecular flexibility index (Phi) is 7.22. The first kappa shape index (κ1) is 20.4. The van der Waals surface area contributed by atoms with Gasteiger partial charge in [-0.1, -0.05) is 60.7 Å². The predicted molar refractivity (Wildman–Crippen MR) is 113 cm³/mol. The van der Waals surface area contributed by atoms with Crippen LogP contribution in [0, 0.1) is 0 Å². The second-order valence-corrected chi connectivity index (χ2v) is 6.87. The van der Waals surface area contributed by atoms with Crippen molar-refractivity contribution in [1.82, 2.24) is 5.32 Å². The Hall–Kier alpha value is -3.34. The number of hydrogen-bond donors (Lipinski definition) is 2. The van der Waals surface area contributed by atoms with Gasteiger partial charge in [0.05, 0.1) is 13.0 Å². The van der Waals surface area contributed by atoms with Gasteiger partial charge in [0.1, 0.15) is 5.75 Å². The Morgan fingerprint density at radius 3 is 2.45 bits per heavy atom. The normalized spacial score (nSPS) is 10.6. The van der Waals surface area contributed by atoms with Gasteiger partial charge in [-0.3, -0.25) is 9.59 Å². The molecule has 5 nitrogen and oxygen atoms in total. The van der Waals surface area contributed by atoms with Crippen LogP contribution in [0.5, 0.6) is 5.75 Å². The van der Waals surface area contributed by atoms with Gasteiger partial charge in [0.2, 0.25) is 5.91 Å². The average molecular weight is 391 g/mol. The van der Waals surface area contributed by atoms with Crippen molar-refractivity contribution in [2.75, 3.05) is 6.61 Å². The summed E-state index contributed by atoms with van der Waals surface area (Å²) in [5.74, 6) is -0.515. The van der Waals surface area contributed by atoms with E-state index >= 15 is 0 Å². The van der Waals surface area contributed by atoms with Gasteiger partial charge < -0.3 is 15.2 Å². The van der Waals surface area contributed by atoms with Crippen LogP contribution in [0.2, 0.25) is 0 Å². The number of benzene rings is 3. The molecule has 3 rings (SSSR count). The average Bonchev–Trinajstić information content (AvgIpc) is 2.74. The number of aliphatic carboxylic acids is 1. The number of fused-ring (bicyclic) bond motifs is 1. The zero-order chi connectivity index (χ0) is 20.5. The molecule has 0 spiro atoms. The van der Waals surface area contributed by atoms with Crippen LogP contribution in [0.15, 0.2) is 66.7 Å². The van der Waals surface area contributed by atoms with Crippen molar-refractivity contribution >= 4 is 22.6 Å². The molecule has 0 saturated heterocycles. The molecule has 5 heteroatoms. The molecule has 0 radical (unpaired) electrons. The minimum Gasteiger partial charge on any atom is -0.493 e. The van der Waals surface area contributed by atoms with E-state index in [-0.39, 0.29) is 18.7 Å². The van der Waals surface area contributed by atoms with Crippen molar-refractivity contribution < 1.29 is 19.4 Å². The molecule has 0 aliphatic carbocycles. The number of rotatable bonds is 10. The molecule has 0 aliphatic rings. The third-order valence-corrected chi connectivity index (χ3v) is 4.74. The number of carboxylic acid groups (broad SMARTS) is 1. The van der Waals surface area contributed by atoms with Crippen LogP contribution in [-0.2, 0) is 22.6 Å². The summed E-state index contributed by atoms with van der Waals surface area (Å²) in [6.07, 6.45) is 1.62. The van der Waals surface area contributed by atoms with E-state index in [4.69, 9.17) is 9.84 Å². The maximum atomic E-state index is 12.0. The Balaban J connectivity index is 1.66. The highest BCUT2D eigenvalue weighted by atomic mass is 16.5. The van der Waals surface area contributed by atoms with Gasteiger partial charge in [0, 0.05) is 18.5 Å². The predicted octanol–water partition coefficient (Wildman–Crippen LogP) is 4.33. The summed E-state index contributed by atoms with van der Waals surface area (Å²) in [5, 5.41) is 13.6. The standard InChI is InChI=1S/C24H25NO4/c26-23(14-15-24(27)28)25-17-21-20-11-5-4-10-19(20)12-13-22(21)29-16-6-9-18-7-2-1-3-8-18/h1-5,7-8,10-13H,6,9,14-17H2,(H,25,26)(H,27,28). The smallest absolute Gasteiger partial charge is 0.303 e. The Labute approximate surface area is 170 Å². The third kappa shape index (κ3) is 6.07. The summed E-state index contributed by atoms with van der Waals surface area (Å²) in [6, 6.07) is 22.2. The monoisotopic (exact) mass is 391 g/mol. The van der Waals surface area contributed by atoms with Gasteiger partial charge in [-0.15, -0.1) is 0 Å². The highest BCUT2D eigenvalue weighted by Crippen LogP contribution is 2.28. The van der Waals surface area contributed by atoms with E-state index in [9.17, 15) is 9.59 Å². The lowest BCUT2D eigenvalue weighted by Crippen LogP contribution is -2.23. The van der Waals surface area contributed by atoms with E-state index in [1.165, 1.54) is 5.56 Å². The van der Waals surface area contributed by atoms with E-state index in [2.05, 4.69) is 17.4 Å². The Morgan fingerprint density at radius 2 is 1.66 bits per heavy atom. The number of amides is 1. The molecule has 0 atom stereocenters. The molecule has 29 heavy (non-hydrogen) atoms. The fourth-order valence-corrected chi connectivity index (χ4v) is 3.23. The number of carboxylic acids is 1. The highest BCUT2D eigenvalue weighted by Gasteiger charge is 2.11. The SMILES string of the molecule is O=C(O)CCC(=O)NCc1c(OCCCc2ccccc2)ccc2ccccc12. The molecule has 0 fully saturated rings. The van der Waals surface area contributed by atoms with E-state index in [0.717, 1.165) is 34.9 Å². The molecule has 0 unspecified atom stereocenters. The molecule has 1 amide bonds. The highest BCUT2D eigenvalue weighted by molar-refractivity contribution is 5.88. The van der Waals surface area contributed by atoms with Crippen LogP contribution in [0.1, 0.15) is 30.4 Å². The second kappa shape index (κ2) is 10.3. The third-order valence-electron chi connectivity index (χ3n) is 4.74. The zero-order valence-corrected chi connectivity index (χ0v) is 16.3. The summed E-state index contributed by atoms with van der Waals surface area (Å²) < 4.78 is 6.05. The lowest BCUT2D eigenvalue weighted by molar-refractivity contribution is -0.138. The minimum atomic E-state index is -0.979. The first-order chi connectivity index (χ1) is 14.1. The molecule has 0 saturated carbocycles. The molecule has 0 bridgehead atoms. The summed E-state index contributed by atoms with van der Waals surface area (Å²) >= 11 is 0. The molecule has 3 aromatic rings. The minimum absolute atomic E-state index is 0.0344. The lowest BCUT2D eigenvalue weighted by atomic mass is 10.0. The van der Waals surface area contributed by atoms with Gasteiger partial charge >= 0.3 is 5.97 Å². The summed E-state index contributed by atoms with van der Waals surface area (Å²) in [4.78, 5) is 22.6. The van der Waals surface area contributed by atoms with E-state index in [1.807, 2.05) is 54.6 Å². The molecule has 0 aliphatic heterocycles. The van der Waals surface area contributed by atoms with E-state index in [1.54, 1.807) is 0 Å². The van der Waals surface area contributed by atoms with Gasteiger partial charge in [0.25, 0.3) is 0 Å².